The van der Waals surface area contributed by atoms with E-state index in [1.807, 2.05) is 32.9 Å². The Morgan fingerprint density at radius 3 is 2.12 bits per heavy atom. The van der Waals surface area contributed by atoms with Crippen molar-refractivity contribution in [3.05, 3.63) is 81.3 Å². The highest BCUT2D eigenvalue weighted by molar-refractivity contribution is 7.92. The summed E-state index contributed by atoms with van der Waals surface area (Å²) in [6.45, 7) is 7.25. The number of rotatable bonds is 7. The number of carbonyl (C=O) groups excluding carboxylic acids is 1. The highest BCUT2D eigenvalue weighted by Gasteiger charge is 2.19. The van der Waals surface area contributed by atoms with Crippen molar-refractivity contribution in [2.24, 2.45) is 0 Å². The summed E-state index contributed by atoms with van der Waals surface area (Å²) in [5.41, 5.74) is 3.73. The molecule has 0 heterocycles. The quantitative estimate of drug-likeness (QED) is 0.403. The Bertz CT molecular complexity index is 1270. The number of halogens is 2. The minimum atomic E-state index is -3.79. The monoisotopic (exact) mass is 506 g/mol. The van der Waals surface area contributed by atoms with Crippen LogP contribution in [-0.2, 0) is 14.8 Å². The molecule has 3 rings (SSSR count). The van der Waals surface area contributed by atoms with Gasteiger partial charge in [-0.3, -0.25) is 9.52 Å². The van der Waals surface area contributed by atoms with Crippen LogP contribution in [0, 0.1) is 20.8 Å². The fraction of sp³-hybridized carbons (Fsp3) is 0.208. The standard InChI is InChI=1S/C24H24Cl2N2O4S/c1-14-11-15(2)23(16(3)12-14)28-33(30,31)20-8-6-19(7-9-20)27-24(29)17(4)32-22-10-5-18(25)13-21(22)26/h5-13,17,28H,1-4H3,(H,27,29)/t17-/m0/s1. The lowest BCUT2D eigenvalue weighted by Crippen LogP contribution is -2.30. The number of amides is 1. The first-order valence-corrected chi connectivity index (χ1v) is 12.3. The van der Waals surface area contributed by atoms with E-state index in [4.69, 9.17) is 27.9 Å². The number of sulfonamides is 1. The second-order valence-electron chi connectivity index (χ2n) is 7.73. The van der Waals surface area contributed by atoms with Crippen molar-refractivity contribution in [1.29, 1.82) is 0 Å². The summed E-state index contributed by atoms with van der Waals surface area (Å²) < 4.78 is 34.0. The van der Waals surface area contributed by atoms with E-state index in [1.54, 1.807) is 19.1 Å². The second-order valence-corrected chi connectivity index (χ2v) is 10.3. The summed E-state index contributed by atoms with van der Waals surface area (Å²) in [4.78, 5) is 12.6. The van der Waals surface area contributed by atoms with E-state index in [1.165, 1.54) is 30.3 Å². The van der Waals surface area contributed by atoms with Crippen LogP contribution in [0.1, 0.15) is 23.6 Å². The summed E-state index contributed by atoms with van der Waals surface area (Å²) in [5.74, 6) is -0.0846. The van der Waals surface area contributed by atoms with Crippen LogP contribution in [0.5, 0.6) is 5.75 Å². The predicted molar refractivity (Wildman–Crippen MR) is 133 cm³/mol. The normalized spacial score (nSPS) is 12.2. The van der Waals surface area contributed by atoms with Gasteiger partial charge in [0, 0.05) is 10.7 Å². The molecule has 0 fully saturated rings. The Morgan fingerprint density at radius 1 is 0.939 bits per heavy atom. The minimum Gasteiger partial charge on any atom is -0.479 e. The molecule has 0 aromatic heterocycles. The number of nitrogens with one attached hydrogen (secondary N) is 2. The van der Waals surface area contributed by atoms with E-state index in [9.17, 15) is 13.2 Å². The van der Waals surface area contributed by atoms with Crippen molar-refractivity contribution in [3.63, 3.8) is 0 Å². The third kappa shape index (κ3) is 6.19. The lowest BCUT2D eigenvalue weighted by Gasteiger charge is -2.16. The van der Waals surface area contributed by atoms with Gasteiger partial charge in [-0.25, -0.2) is 8.42 Å². The molecular formula is C24H24Cl2N2O4S. The van der Waals surface area contributed by atoms with Gasteiger partial charge in [0.05, 0.1) is 15.6 Å². The Morgan fingerprint density at radius 2 is 1.55 bits per heavy atom. The topological polar surface area (TPSA) is 84.5 Å². The van der Waals surface area contributed by atoms with Crippen molar-refractivity contribution in [2.45, 2.75) is 38.7 Å². The first kappa shape index (κ1) is 24.9. The molecule has 2 N–H and O–H groups in total. The lowest BCUT2D eigenvalue weighted by molar-refractivity contribution is -0.122. The van der Waals surface area contributed by atoms with Crippen LogP contribution in [0.2, 0.25) is 10.0 Å². The zero-order valence-electron chi connectivity index (χ0n) is 18.6. The Balaban J connectivity index is 1.68. The van der Waals surface area contributed by atoms with Crippen molar-refractivity contribution >= 4 is 50.5 Å². The van der Waals surface area contributed by atoms with Crippen LogP contribution in [0.4, 0.5) is 11.4 Å². The zero-order valence-corrected chi connectivity index (χ0v) is 20.9. The summed E-state index contributed by atoms with van der Waals surface area (Å²) in [6, 6.07) is 14.5. The maximum absolute atomic E-state index is 12.9. The maximum atomic E-state index is 12.9. The van der Waals surface area contributed by atoms with Gasteiger partial charge in [0.15, 0.2) is 6.10 Å². The molecule has 1 atom stereocenters. The average Bonchev–Trinajstić information content (AvgIpc) is 2.73. The molecule has 0 unspecified atom stereocenters. The average molecular weight is 507 g/mol. The van der Waals surface area contributed by atoms with E-state index >= 15 is 0 Å². The SMILES string of the molecule is Cc1cc(C)c(NS(=O)(=O)c2ccc(NC(=O)[C@H](C)Oc3ccc(Cl)cc3Cl)cc2)c(C)c1. The molecule has 0 saturated heterocycles. The number of aryl methyl sites for hydroxylation is 3. The predicted octanol–water partition coefficient (Wildman–Crippen LogP) is 6.13. The molecule has 0 bridgehead atoms. The van der Waals surface area contributed by atoms with Crippen LogP contribution in [0.15, 0.2) is 59.5 Å². The van der Waals surface area contributed by atoms with E-state index in [0.717, 1.165) is 16.7 Å². The van der Waals surface area contributed by atoms with Gasteiger partial charge in [0.1, 0.15) is 5.75 Å². The van der Waals surface area contributed by atoms with Crippen LogP contribution in [0.3, 0.4) is 0 Å². The van der Waals surface area contributed by atoms with E-state index < -0.39 is 22.0 Å². The number of anilines is 2. The fourth-order valence-corrected chi connectivity index (χ4v) is 4.97. The van der Waals surface area contributed by atoms with Crippen LogP contribution < -0.4 is 14.8 Å². The molecule has 1 amide bonds. The van der Waals surface area contributed by atoms with Crippen LogP contribution in [-0.4, -0.2) is 20.4 Å². The van der Waals surface area contributed by atoms with Gasteiger partial charge < -0.3 is 10.1 Å². The minimum absolute atomic E-state index is 0.0807. The largest absolute Gasteiger partial charge is 0.479 e. The maximum Gasteiger partial charge on any atom is 0.265 e. The highest BCUT2D eigenvalue weighted by Crippen LogP contribution is 2.29. The number of hydrogen-bond donors (Lipinski definition) is 2. The third-order valence-corrected chi connectivity index (χ3v) is 6.81. The molecule has 0 aliphatic heterocycles. The van der Waals surface area contributed by atoms with Crippen molar-refractivity contribution in [2.75, 3.05) is 10.0 Å². The first-order valence-electron chi connectivity index (χ1n) is 10.1. The molecule has 0 radical (unpaired) electrons. The molecule has 0 aliphatic rings. The summed E-state index contributed by atoms with van der Waals surface area (Å²) >= 11 is 11.9. The van der Waals surface area contributed by atoms with Gasteiger partial charge in [-0.15, -0.1) is 0 Å². The van der Waals surface area contributed by atoms with Crippen molar-refractivity contribution in [3.8, 4) is 5.75 Å². The second kappa shape index (κ2) is 10.0. The van der Waals surface area contributed by atoms with Crippen LogP contribution in [0.25, 0.3) is 0 Å². The van der Waals surface area contributed by atoms with Gasteiger partial charge in [-0.05, 0) is 81.3 Å². The van der Waals surface area contributed by atoms with E-state index in [2.05, 4.69) is 10.0 Å². The number of hydrogen-bond acceptors (Lipinski definition) is 4. The highest BCUT2D eigenvalue weighted by atomic mass is 35.5. The molecule has 9 heteroatoms. The molecule has 0 spiro atoms. The molecular weight excluding hydrogens is 483 g/mol. The molecule has 0 saturated carbocycles. The number of carbonyl (C=O) groups is 1. The van der Waals surface area contributed by atoms with Gasteiger partial charge >= 0.3 is 0 Å². The molecule has 0 aliphatic carbocycles. The smallest absolute Gasteiger partial charge is 0.265 e. The van der Waals surface area contributed by atoms with Crippen LogP contribution >= 0.6 is 23.2 Å². The molecule has 3 aromatic carbocycles. The molecule has 6 nitrogen and oxygen atoms in total. The zero-order chi connectivity index (χ0) is 24.3. The molecule has 174 valence electrons. The third-order valence-electron chi connectivity index (χ3n) is 4.91. The number of ether oxygens (including phenoxy) is 1. The summed E-state index contributed by atoms with van der Waals surface area (Å²) in [5, 5.41) is 3.45. The Kier molecular flexibility index (Phi) is 7.57. The number of benzene rings is 3. The van der Waals surface area contributed by atoms with Gasteiger partial charge in [0.25, 0.3) is 15.9 Å². The molecule has 3 aromatic rings. The van der Waals surface area contributed by atoms with Crippen molar-refractivity contribution < 1.29 is 17.9 Å². The van der Waals surface area contributed by atoms with E-state index in [0.29, 0.717) is 27.2 Å². The lowest BCUT2D eigenvalue weighted by atomic mass is 10.1. The molecule has 33 heavy (non-hydrogen) atoms. The Hall–Kier alpha value is -2.74. The summed E-state index contributed by atoms with van der Waals surface area (Å²) in [6.07, 6.45) is -0.846. The fourth-order valence-electron chi connectivity index (χ4n) is 3.31. The van der Waals surface area contributed by atoms with Gasteiger partial charge in [0.2, 0.25) is 0 Å². The Labute approximate surface area is 203 Å². The van der Waals surface area contributed by atoms with Gasteiger partial charge in [-0.1, -0.05) is 40.9 Å². The van der Waals surface area contributed by atoms with Crippen molar-refractivity contribution in [1.82, 2.24) is 0 Å². The van der Waals surface area contributed by atoms with Gasteiger partial charge in [-0.2, -0.15) is 0 Å². The summed E-state index contributed by atoms with van der Waals surface area (Å²) in [7, 11) is -3.79. The van der Waals surface area contributed by atoms with E-state index in [-0.39, 0.29) is 4.90 Å². The first-order chi connectivity index (χ1) is 15.5.